The summed E-state index contributed by atoms with van der Waals surface area (Å²) in [5.74, 6) is -1.17. The summed E-state index contributed by atoms with van der Waals surface area (Å²) in [5, 5.41) is 20.3. The topological polar surface area (TPSA) is 99.4 Å². The van der Waals surface area contributed by atoms with Crippen LogP contribution >= 0.6 is 0 Å². The minimum absolute atomic E-state index is 0.0179. The van der Waals surface area contributed by atoms with Crippen LogP contribution < -0.4 is 5.32 Å². The van der Waals surface area contributed by atoms with Gasteiger partial charge in [-0.25, -0.2) is 0 Å². The van der Waals surface area contributed by atoms with Gasteiger partial charge < -0.3 is 0 Å². The first kappa shape index (κ1) is 17.7. The third-order valence-corrected chi connectivity index (χ3v) is 4.62. The fourth-order valence-electron chi connectivity index (χ4n) is 1.37. The second-order valence-corrected chi connectivity index (χ2v) is 7.40. The summed E-state index contributed by atoms with van der Waals surface area (Å²) in [6.45, 7) is 8.75. The Balaban J connectivity index is 4.88. The van der Waals surface area contributed by atoms with E-state index in [2.05, 4.69) is 5.32 Å². The number of carboxylic acids is 1. The molecule has 0 heterocycles. The van der Waals surface area contributed by atoms with Gasteiger partial charge in [-0.3, -0.25) is 0 Å². The van der Waals surface area contributed by atoms with Gasteiger partial charge >= 0.3 is 119 Å². The molecule has 0 saturated heterocycles. The molecule has 1 amide bonds. The van der Waals surface area contributed by atoms with Crippen molar-refractivity contribution < 1.29 is 19.4 Å². The van der Waals surface area contributed by atoms with Crippen molar-refractivity contribution in [1.82, 2.24) is 5.32 Å². The number of nitriles is 1. The van der Waals surface area contributed by atoms with Crippen LogP contribution in [0.1, 0.15) is 34.6 Å². The van der Waals surface area contributed by atoms with Gasteiger partial charge in [0.25, 0.3) is 0 Å². The van der Waals surface area contributed by atoms with E-state index >= 15 is 0 Å². The quantitative estimate of drug-likeness (QED) is 0.743. The Morgan fingerprint density at radius 1 is 1.37 bits per heavy atom. The van der Waals surface area contributed by atoms with E-state index in [0.29, 0.717) is 0 Å². The monoisotopic (exact) mass is 336 g/mol. The van der Waals surface area contributed by atoms with Crippen molar-refractivity contribution >= 4 is 27.0 Å². The van der Waals surface area contributed by atoms with Gasteiger partial charge in [0.2, 0.25) is 0 Å². The Hall–Kier alpha value is -1.25. The number of aliphatic carboxylic acids is 1. The van der Waals surface area contributed by atoms with Gasteiger partial charge in [0.05, 0.1) is 0 Å². The zero-order valence-corrected chi connectivity index (χ0v) is 13.5. The summed E-state index contributed by atoms with van der Waals surface area (Å²) < 4.78 is 5.04. The molecule has 108 valence electrons. The van der Waals surface area contributed by atoms with Crippen LogP contribution in [-0.4, -0.2) is 43.8 Å². The van der Waals surface area contributed by atoms with Gasteiger partial charge in [0.15, 0.2) is 0 Å². The zero-order chi connectivity index (χ0) is 15.2. The van der Waals surface area contributed by atoms with Crippen LogP contribution in [-0.2, 0) is 9.53 Å². The SMILES string of the molecule is CC(C)[C@H]([Se]C#N)[C@H](NC(=O)OC(C)(C)C)C(=O)O. The third-order valence-electron chi connectivity index (χ3n) is 2.11. The average molecular weight is 335 g/mol. The molecule has 0 unspecified atom stereocenters. The number of alkyl carbamates (subject to hydrolysis) is 1. The minimum atomic E-state index is -1.15. The molecule has 0 aliphatic rings. The molecule has 0 rings (SSSR count). The Bertz CT molecular complexity index is 371. The number of carboxylic acid groups (broad SMARTS) is 1. The van der Waals surface area contributed by atoms with E-state index in [1.165, 1.54) is 0 Å². The van der Waals surface area contributed by atoms with Crippen molar-refractivity contribution in [3.63, 3.8) is 0 Å². The molecule has 6 nitrogen and oxygen atoms in total. The van der Waals surface area contributed by atoms with E-state index in [9.17, 15) is 14.7 Å². The molecule has 0 fully saturated rings. The number of hydrogen-bond acceptors (Lipinski definition) is 4. The van der Waals surface area contributed by atoms with Crippen LogP contribution in [0.3, 0.4) is 0 Å². The van der Waals surface area contributed by atoms with E-state index < -0.39 is 43.5 Å². The number of ether oxygens (including phenoxy) is 1. The molecule has 0 aromatic rings. The number of nitrogens with one attached hydrogen (secondary N) is 1. The molecule has 0 radical (unpaired) electrons. The van der Waals surface area contributed by atoms with Gasteiger partial charge in [0, 0.05) is 0 Å². The maximum absolute atomic E-state index is 11.6. The van der Waals surface area contributed by atoms with Gasteiger partial charge in [-0.05, 0) is 0 Å². The second-order valence-electron chi connectivity index (χ2n) is 5.38. The first-order valence-corrected chi connectivity index (χ1v) is 7.70. The van der Waals surface area contributed by atoms with E-state index in [0.717, 1.165) is 0 Å². The molecule has 0 aliphatic carbocycles. The summed E-state index contributed by atoms with van der Waals surface area (Å²) in [7, 11) is 0. The van der Waals surface area contributed by atoms with Gasteiger partial charge in [-0.1, -0.05) is 0 Å². The van der Waals surface area contributed by atoms with E-state index in [-0.39, 0.29) is 5.92 Å². The predicted molar refractivity (Wildman–Crippen MR) is 70.7 cm³/mol. The normalized spacial score (nSPS) is 14.4. The molecule has 2 N–H and O–H groups in total. The Morgan fingerprint density at radius 2 is 1.89 bits per heavy atom. The van der Waals surface area contributed by atoms with Crippen molar-refractivity contribution in [3.05, 3.63) is 0 Å². The molecule has 0 spiro atoms. The fraction of sp³-hybridized carbons (Fsp3) is 0.750. The molecule has 0 aliphatic heterocycles. The molecular weight excluding hydrogens is 315 g/mol. The van der Waals surface area contributed by atoms with Gasteiger partial charge in [0.1, 0.15) is 0 Å². The first-order valence-electron chi connectivity index (χ1n) is 5.85. The molecule has 19 heavy (non-hydrogen) atoms. The van der Waals surface area contributed by atoms with E-state index in [4.69, 9.17) is 10.00 Å². The maximum atomic E-state index is 11.6. The van der Waals surface area contributed by atoms with Gasteiger partial charge in [-0.15, -0.1) is 0 Å². The fourth-order valence-corrected chi connectivity index (χ4v) is 2.87. The number of amides is 1. The third kappa shape index (κ3) is 7.04. The summed E-state index contributed by atoms with van der Waals surface area (Å²) in [6, 6.07) is -1.10. The average Bonchev–Trinajstić information content (AvgIpc) is 2.19. The van der Waals surface area contributed by atoms with Crippen molar-refractivity contribution in [2.24, 2.45) is 5.92 Å². The summed E-state index contributed by atoms with van der Waals surface area (Å²) >= 11 is -0.522. The van der Waals surface area contributed by atoms with Crippen molar-refractivity contribution in [3.8, 4) is 4.97 Å². The molecule has 0 bridgehead atoms. The number of nitrogens with zero attached hydrogens (tertiary/aromatic N) is 1. The molecular formula is C12H20N2O4Se. The van der Waals surface area contributed by atoms with Crippen LogP contribution in [0.5, 0.6) is 0 Å². The first-order chi connectivity index (χ1) is 8.58. The number of rotatable bonds is 5. The van der Waals surface area contributed by atoms with E-state index in [1.807, 2.05) is 18.8 Å². The van der Waals surface area contributed by atoms with Crippen molar-refractivity contribution in [1.29, 1.82) is 5.26 Å². The number of hydrogen-bond donors (Lipinski definition) is 2. The standard InChI is InChI=1S/C12H20N2O4Se/c1-7(2)9(19-6-13)8(10(15)16)14-11(17)18-12(3,4)5/h7-9H,1-5H3,(H,14,17)(H,15,16)/t8-,9-/m0/s1. The van der Waals surface area contributed by atoms with Gasteiger partial charge in [-0.2, -0.15) is 0 Å². The predicted octanol–water partition coefficient (Wildman–Crippen LogP) is 1.59. The molecule has 7 heteroatoms. The van der Waals surface area contributed by atoms with E-state index in [1.54, 1.807) is 20.8 Å². The van der Waals surface area contributed by atoms with Crippen molar-refractivity contribution in [2.75, 3.05) is 0 Å². The van der Waals surface area contributed by atoms with Crippen LogP contribution in [0.4, 0.5) is 4.79 Å². The van der Waals surface area contributed by atoms with Crippen LogP contribution in [0, 0.1) is 16.1 Å². The second kappa shape index (κ2) is 7.37. The Morgan fingerprint density at radius 3 is 2.21 bits per heavy atom. The summed E-state index contributed by atoms with van der Waals surface area (Å²) in [4.78, 5) is 24.5. The van der Waals surface area contributed by atoms with Crippen LogP contribution in [0.2, 0.25) is 4.82 Å². The van der Waals surface area contributed by atoms with Crippen molar-refractivity contribution in [2.45, 2.75) is 51.1 Å². The number of carbonyl (C=O) groups excluding carboxylic acids is 1. The molecule has 2 atom stereocenters. The number of carbonyl (C=O) groups is 2. The summed E-state index contributed by atoms with van der Waals surface area (Å²) in [6.07, 6.45) is -0.778. The van der Waals surface area contributed by atoms with Crippen LogP contribution in [0.25, 0.3) is 0 Å². The zero-order valence-electron chi connectivity index (χ0n) is 11.8. The molecule has 0 aromatic heterocycles. The summed E-state index contributed by atoms with van der Waals surface area (Å²) in [5.41, 5.74) is -0.694. The van der Waals surface area contributed by atoms with Crippen LogP contribution in [0.15, 0.2) is 0 Å². The Labute approximate surface area is 119 Å². The molecule has 0 aromatic carbocycles. The molecule has 0 saturated carbocycles. The Kier molecular flexibility index (Phi) is 6.88.